The molecular formula is C21H26N2O5S. The Morgan fingerprint density at radius 1 is 1.17 bits per heavy atom. The van der Waals surface area contributed by atoms with E-state index in [1.165, 1.54) is 10.4 Å². The number of hydrogen-bond donors (Lipinski definition) is 0. The van der Waals surface area contributed by atoms with Gasteiger partial charge in [-0.25, -0.2) is 8.42 Å². The van der Waals surface area contributed by atoms with Gasteiger partial charge in [-0.1, -0.05) is 24.3 Å². The lowest BCUT2D eigenvalue weighted by molar-refractivity contribution is 0.0730. The summed E-state index contributed by atoms with van der Waals surface area (Å²) < 4.78 is 37.9. The number of rotatable bonds is 6. The third kappa shape index (κ3) is 4.60. The Bertz CT molecular complexity index is 984. The number of benzene rings is 2. The first kappa shape index (κ1) is 21.3. The van der Waals surface area contributed by atoms with Crippen LogP contribution in [0.5, 0.6) is 5.75 Å². The van der Waals surface area contributed by atoms with Crippen LogP contribution in [0.25, 0.3) is 0 Å². The molecule has 1 aliphatic heterocycles. The van der Waals surface area contributed by atoms with Crippen molar-refractivity contribution in [2.24, 2.45) is 0 Å². The van der Waals surface area contributed by atoms with Gasteiger partial charge in [-0.3, -0.25) is 4.79 Å². The van der Waals surface area contributed by atoms with Crippen LogP contribution in [-0.2, 0) is 21.3 Å². The summed E-state index contributed by atoms with van der Waals surface area (Å²) in [6.07, 6.45) is 0. The van der Waals surface area contributed by atoms with Crippen LogP contribution in [0.3, 0.4) is 0 Å². The zero-order valence-electron chi connectivity index (χ0n) is 16.9. The topological polar surface area (TPSA) is 76.2 Å². The van der Waals surface area contributed by atoms with E-state index < -0.39 is 10.0 Å². The van der Waals surface area contributed by atoms with Gasteiger partial charge in [0.1, 0.15) is 5.75 Å². The number of carbonyl (C=O) groups excluding carboxylic acids is 1. The van der Waals surface area contributed by atoms with Crippen molar-refractivity contribution in [1.82, 2.24) is 9.21 Å². The van der Waals surface area contributed by atoms with Crippen molar-refractivity contribution in [2.75, 3.05) is 40.5 Å². The van der Waals surface area contributed by atoms with Crippen LogP contribution < -0.4 is 4.74 Å². The quantitative estimate of drug-likeness (QED) is 0.720. The van der Waals surface area contributed by atoms with Gasteiger partial charge in [0.15, 0.2) is 0 Å². The fourth-order valence-electron chi connectivity index (χ4n) is 3.29. The van der Waals surface area contributed by atoms with E-state index in [2.05, 4.69) is 0 Å². The maximum atomic E-state index is 13.1. The summed E-state index contributed by atoms with van der Waals surface area (Å²) in [6.45, 7) is 3.52. The second kappa shape index (κ2) is 8.94. The Morgan fingerprint density at radius 3 is 2.55 bits per heavy atom. The summed E-state index contributed by atoms with van der Waals surface area (Å²) in [4.78, 5) is 14.8. The van der Waals surface area contributed by atoms with Gasteiger partial charge in [-0.05, 0) is 30.7 Å². The number of methoxy groups -OCH3 is 1. The number of hydrogen-bond acceptors (Lipinski definition) is 5. The normalized spacial score (nSPS) is 15.1. The summed E-state index contributed by atoms with van der Waals surface area (Å²) in [5.74, 6) is 0.458. The molecule has 0 aromatic heterocycles. The molecule has 29 heavy (non-hydrogen) atoms. The minimum Gasteiger partial charge on any atom is -0.496 e. The van der Waals surface area contributed by atoms with Gasteiger partial charge < -0.3 is 14.4 Å². The zero-order chi connectivity index (χ0) is 21.0. The molecule has 1 heterocycles. The molecule has 2 aromatic carbocycles. The minimum atomic E-state index is -3.67. The van der Waals surface area contributed by atoms with Gasteiger partial charge in [-0.15, -0.1) is 0 Å². The summed E-state index contributed by atoms with van der Waals surface area (Å²) >= 11 is 0. The van der Waals surface area contributed by atoms with Crippen molar-refractivity contribution in [3.8, 4) is 5.75 Å². The molecule has 1 aliphatic rings. The number of carbonyl (C=O) groups is 1. The minimum absolute atomic E-state index is 0.124. The van der Waals surface area contributed by atoms with Crippen LogP contribution in [0.15, 0.2) is 47.4 Å². The van der Waals surface area contributed by atoms with E-state index in [-0.39, 0.29) is 10.8 Å². The lowest BCUT2D eigenvalue weighted by Gasteiger charge is -2.26. The number of amides is 1. The highest BCUT2D eigenvalue weighted by atomic mass is 32.2. The molecule has 0 unspecified atom stereocenters. The van der Waals surface area contributed by atoms with Gasteiger partial charge in [0.2, 0.25) is 10.0 Å². The molecule has 3 rings (SSSR count). The van der Waals surface area contributed by atoms with E-state index in [1.807, 2.05) is 24.3 Å². The molecule has 0 radical (unpaired) electrons. The highest BCUT2D eigenvalue weighted by molar-refractivity contribution is 7.89. The van der Waals surface area contributed by atoms with E-state index in [0.29, 0.717) is 44.2 Å². The van der Waals surface area contributed by atoms with Crippen LogP contribution in [0, 0.1) is 6.92 Å². The highest BCUT2D eigenvalue weighted by Gasteiger charge is 2.28. The molecule has 0 N–H and O–H groups in total. The predicted octanol–water partition coefficient (Wildman–Crippen LogP) is 2.30. The molecule has 7 nitrogen and oxygen atoms in total. The summed E-state index contributed by atoms with van der Waals surface area (Å²) in [6, 6.07) is 12.2. The average molecular weight is 419 g/mol. The molecule has 1 fully saturated rings. The summed E-state index contributed by atoms with van der Waals surface area (Å²) in [7, 11) is -0.388. The highest BCUT2D eigenvalue weighted by Crippen LogP contribution is 2.23. The van der Waals surface area contributed by atoms with Gasteiger partial charge in [0, 0.05) is 37.8 Å². The SMILES string of the molecule is COc1ccccc1CN(C)C(=O)c1cc(S(=O)(=O)N2CCOCC2)ccc1C. The molecular weight excluding hydrogens is 392 g/mol. The first-order valence-electron chi connectivity index (χ1n) is 9.40. The monoisotopic (exact) mass is 418 g/mol. The van der Waals surface area contributed by atoms with Crippen molar-refractivity contribution >= 4 is 15.9 Å². The van der Waals surface area contributed by atoms with Crippen LogP contribution in [-0.4, -0.2) is 64.0 Å². The molecule has 2 aromatic rings. The maximum Gasteiger partial charge on any atom is 0.254 e. The third-order valence-corrected chi connectivity index (χ3v) is 6.89. The molecule has 0 aliphatic carbocycles. The van der Waals surface area contributed by atoms with Crippen LogP contribution >= 0.6 is 0 Å². The van der Waals surface area contributed by atoms with Gasteiger partial charge in [0.25, 0.3) is 5.91 Å². The summed E-state index contributed by atoms with van der Waals surface area (Å²) in [5, 5.41) is 0. The van der Waals surface area contributed by atoms with Gasteiger partial charge in [-0.2, -0.15) is 4.31 Å². The van der Waals surface area contributed by atoms with E-state index in [1.54, 1.807) is 38.1 Å². The van der Waals surface area contributed by atoms with Crippen molar-refractivity contribution in [1.29, 1.82) is 0 Å². The van der Waals surface area contributed by atoms with E-state index in [9.17, 15) is 13.2 Å². The second-order valence-corrected chi connectivity index (χ2v) is 8.90. The van der Waals surface area contributed by atoms with E-state index in [0.717, 1.165) is 11.1 Å². The fraction of sp³-hybridized carbons (Fsp3) is 0.381. The Kier molecular flexibility index (Phi) is 6.56. The Labute approximate surface area is 171 Å². The standard InChI is InChI=1S/C21H26N2O5S/c1-16-8-9-18(29(25,26)23-10-12-28-13-11-23)14-19(16)21(24)22(2)15-17-6-4-5-7-20(17)27-3/h4-9,14H,10-13,15H2,1-3H3. The largest absolute Gasteiger partial charge is 0.496 e. The average Bonchev–Trinajstić information content (AvgIpc) is 2.74. The smallest absolute Gasteiger partial charge is 0.254 e. The van der Waals surface area contributed by atoms with Crippen molar-refractivity contribution in [3.63, 3.8) is 0 Å². The van der Waals surface area contributed by atoms with Crippen molar-refractivity contribution < 1.29 is 22.7 Å². The molecule has 1 saturated heterocycles. The lowest BCUT2D eigenvalue weighted by atomic mass is 10.1. The maximum absolute atomic E-state index is 13.1. The first-order chi connectivity index (χ1) is 13.8. The number of ether oxygens (including phenoxy) is 2. The number of sulfonamides is 1. The zero-order valence-corrected chi connectivity index (χ0v) is 17.7. The lowest BCUT2D eigenvalue weighted by Crippen LogP contribution is -2.40. The van der Waals surface area contributed by atoms with Crippen molar-refractivity contribution in [2.45, 2.75) is 18.4 Å². The van der Waals surface area contributed by atoms with E-state index >= 15 is 0 Å². The molecule has 1 amide bonds. The Morgan fingerprint density at radius 2 is 1.86 bits per heavy atom. The Balaban J connectivity index is 1.86. The van der Waals surface area contributed by atoms with E-state index in [4.69, 9.17) is 9.47 Å². The van der Waals surface area contributed by atoms with Gasteiger partial charge in [0.05, 0.1) is 25.2 Å². The molecule has 0 saturated carbocycles. The molecule has 0 bridgehead atoms. The second-order valence-electron chi connectivity index (χ2n) is 6.97. The number of morpholine rings is 1. The predicted molar refractivity (Wildman–Crippen MR) is 110 cm³/mol. The van der Waals surface area contributed by atoms with Crippen molar-refractivity contribution in [3.05, 3.63) is 59.2 Å². The molecule has 156 valence electrons. The molecule has 0 atom stereocenters. The number of nitrogens with zero attached hydrogens (tertiary/aromatic N) is 2. The number of aryl methyl sites for hydroxylation is 1. The third-order valence-electron chi connectivity index (χ3n) is 4.99. The van der Waals surface area contributed by atoms with Gasteiger partial charge >= 0.3 is 0 Å². The fourth-order valence-corrected chi connectivity index (χ4v) is 4.73. The van der Waals surface area contributed by atoms with Crippen LogP contribution in [0.2, 0.25) is 0 Å². The van der Waals surface area contributed by atoms with Crippen LogP contribution in [0.4, 0.5) is 0 Å². The summed E-state index contributed by atoms with van der Waals surface area (Å²) in [5.41, 5.74) is 1.97. The van der Waals surface area contributed by atoms with Crippen LogP contribution in [0.1, 0.15) is 21.5 Å². The molecule has 8 heteroatoms. The number of para-hydroxylation sites is 1. The first-order valence-corrected chi connectivity index (χ1v) is 10.8. The Hall–Kier alpha value is -2.42. The molecule has 0 spiro atoms.